The highest BCUT2D eigenvalue weighted by atomic mass is 19.1. The molecule has 0 radical (unpaired) electrons. The van der Waals surface area contributed by atoms with Gasteiger partial charge in [-0.25, -0.2) is 4.39 Å². The van der Waals surface area contributed by atoms with Gasteiger partial charge in [0, 0.05) is 62.0 Å². The third kappa shape index (κ3) is 5.54. The normalized spacial score (nSPS) is 19.5. The largest absolute Gasteiger partial charge is 0.337 e. The summed E-state index contributed by atoms with van der Waals surface area (Å²) in [5, 5.41) is 0. The average molecular weight is 466 g/mol. The molecule has 6 heteroatoms. The fourth-order valence-electron chi connectivity index (χ4n) is 5.37. The van der Waals surface area contributed by atoms with Gasteiger partial charge < -0.3 is 4.90 Å². The van der Waals surface area contributed by atoms with Gasteiger partial charge in [-0.1, -0.05) is 19.8 Å². The van der Waals surface area contributed by atoms with E-state index in [1.54, 1.807) is 18.3 Å². The Labute approximate surface area is 202 Å². The van der Waals surface area contributed by atoms with E-state index >= 15 is 0 Å². The van der Waals surface area contributed by atoms with E-state index in [9.17, 15) is 14.0 Å². The fourth-order valence-corrected chi connectivity index (χ4v) is 5.37. The van der Waals surface area contributed by atoms with Crippen molar-refractivity contribution in [1.82, 2.24) is 14.8 Å². The summed E-state index contributed by atoms with van der Waals surface area (Å²) >= 11 is 0. The maximum Gasteiger partial charge on any atom is 0.226 e. The van der Waals surface area contributed by atoms with Crippen LogP contribution in [0.4, 0.5) is 4.39 Å². The monoisotopic (exact) mass is 465 g/mol. The molecule has 2 aliphatic rings. The highest BCUT2D eigenvalue weighted by molar-refractivity contribution is 5.97. The number of Topliss-reactive ketones (excluding diaryl/α,β-unsaturated/α-hetero) is 1. The number of hydrogen-bond acceptors (Lipinski definition) is 4. The Kier molecular flexibility index (Phi) is 7.77. The number of amides is 1. The second-order valence-corrected chi connectivity index (χ2v) is 9.94. The van der Waals surface area contributed by atoms with Crippen LogP contribution in [0.2, 0.25) is 0 Å². The molecule has 1 aliphatic carbocycles. The first-order chi connectivity index (χ1) is 16.4. The number of carbonyl (C=O) groups excluding carboxylic acids is 2. The van der Waals surface area contributed by atoms with E-state index in [-0.39, 0.29) is 30.0 Å². The van der Waals surface area contributed by atoms with Gasteiger partial charge in [0.1, 0.15) is 5.82 Å². The number of piperazine rings is 1. The Morgan fingerprint density at radius 2 is 1.85 bits per heavy atom. The van der Waals surface area contributed by atoms with Gasteiger partial charge >= 0.3 is 0 Å². The first kappa shape index (κ1) is 24.5. The number of hydrogen-bond donors (Lipinski definition) is 0. The van der Waals surface area contributed by atoms with Gasteiger partial charge in [0.05, 0.1) is 0 Å². The van der Waals surface area contributed by atoms with Crippen LogP contribution in [0.15, 0.2) is 30.5 Å². The Morgan fingerprint density at radius 3 is 2.50 bits per heavy atom. The van der Waals surface area contributed by atoms with Crippen molar-refractivity contribution >= 4 is 11.7 Å². The summed E-state index contributed by atoms with van der Waals surface area (Å²) in [6.45, 7) is 9.00. The summed E-state index contributed by atoms with van der Waals surface area (Å²) < 4.78 is 14.5. The Hall–Kier alpha value is -2.60. The average Bonchev–Trinajstić information content (AvgIpc) is 3.37. The second kappa shape index (κ2) is 10.8. The van der Waals surface area contributed by atoms with Gasteiger partial charge in [0.15, 0.2) is 5.78 Å². The molecule has 182 valence electrons. The molecule has 1 aromatic carbocycles. The number of pyridine rings is 1. The van der Waals surface area contributed by atoms with Crippen LogP contribution in [0.1, 0.15) is 72.3 Å². The van der Waals surface area contributed by atoms with Crippen LogP contribution in [-0.2, 0) is 24.2 Å². The molecule has 5 nitrogen and oxygen atoms in total. The lowest BCUT2D eigenvalue weighted by Gasteiger charge is -2.41. The molecule has 1 saturated carbocycles. The molecule has 2 heterocycles. The zero-order chi connectivity index (χ0) is 24.2. The smallest absolute Gasteiger partial charge is 0.226 e. The fraction of sp³-hybridized carbons (Fsp3) is 0.536. The molecular weight excluding hydrogens is 429 g/mol. The van der Waals surface area contributed by atoms with Gasteiger partial charge in [-0.05, 0) is 74.1 Å². The predicted octanol–water partition coefficient (Wildman–Crippen LogP) is 4.74. The van der Waals surface area contributed by atoms with E-state index < -0.39 is 0 Å². The molecule has 2 fully saturated rings. The number of benzene rings is 1. The Balaban J connectivity index is 1.41. The summed E-state index contributed by atoms with van der Waals surface area (Å²) in [4.78, 5) is 34.4. The number of nitrogens with zero attached hydrogens (tertiary/aromatic N) is 3. The maximum atomic E-state index is 14.5. The summed E-state index contributed by atoms with van der Waals surface area (Å²) in [6.07, 6.45) is 6.96. The van der Waals surface area contributed by atoms with Crippen molar-refractivity contribution < 1.29 is 14.0 Å². The number of aryl methyl sites for hydroxylation is 1. The van der Waals surface area contributed by atoms with E-state index in [1.807, 2.05) is 24.8 Å². The molecule has 34 heavy (non-hydrogen) atoms. The Morgan fingerprint density at radius 1 is 1.12 bits per heavy atom. The molecule has 1 aliphatic heterocycles. The van der Waals surface area contributed by atoms with E-state index in [0.717, 1.165) is 74.1 Å². The van der Waals surface area contributed by atoms with Gasteiger partial charge in [0.25, 0.3) is 0 Å². The van der Waals surface area contributed by atoms with Crippen molar-refractivity contribution in [2.45, 2.75) is 71.9 Å². The second-order valence-electron chi connectivity index (χ2n) is 9.94. The van der Waals surface area contributed by atoms with Crippen molar-refractivity contribution in [2.75, 3.05) is 19.6 Å². The van der Waals surface area contributed by atoms with Crippen LogP contribution in [0.25, 0.3) is 0 Å². The van der Waals surface area contributed by atoms with Crippen LogP contribution in [0, 0.1) is 18.7 Å². The van der Waals surface area contributed by atoms with E-state index in [0.29, 0.717) is 18.0 Å². The number of aromatic nitrogens is 1. The highest BCUT2D eigenvalue weighted by Crippen LogP contribution is 2.28. The van der Waals surface area contributed by atoms with E-state index in [2.05, 4.69) is 16.8 Å². The molecule has 2 aromatic rings. The molecule has 1 atom stereocenters. The summed E-state index contributed by atoms with van der Waals surface area (Å²) in [5.41, 5.74) is 4.09. The third-order valence-corrected chi connectivity index (χ3v) is 7.54. The van der Waals surface area contributed by atoms with Gasteiger partial charge in [0.2, 0.25) is 5.91 Å². The molecule has 4 rings (SSSR count). The minimum absolute atomic E-state index is 0.0533. The van der Waals surface area contributed by atoms with E-state index in [1.165, 1.54) is 6.07 Å². The summed E-state index contributed by atoms with van der Waals surface area (Å²) in [5.74, 6) is 0.148. The predicted molar refractivity (Wildman–Crippen MR) is 131 cm³/mol. The summed E-state index contributed by atoms with van der Waals surface area (Å²) in [6, 6.07) is 6.88. The third-order valence-electron chi connectivity index (χ3n) is 7.54. The molecule has 0 bridgehead atoms. The lowest BCUT2D eigenvalue weighted by Crippen LogP contribution is -2.54. The van der Waals surface area contributed by atoms with Gasteiger partial charge in [-0.15, -0.1) is 0 Å². The zero-order valence-electron chi connectivity index (χ0n) is 20.6. The minimum Gasteiger partial charge on any atom is -0.337 e. The first-order valence-electron chi connectivity index (χ1n) is 12.6. The number of ketones is 1. The number of rotatable bonds is 7. The van der Waals surface area contributed by atoms with Crippen molar-refractivity contribution in [1.29, 1.82) is 0 Å². The van der Waals surface area contributed by atoms with Crippen molar-refractivity contribution in [3.8, 4) is 0 Å². The lowest BCUT2D eigenvalue weighted by atomic mass is 9.95. The molecule has 1 aromatic heterocycles. The lowest BCUT2D eigenvalue weighted by molar-refractivity contribution is -0.140. The topological polar surface area (TPSA) is 53.5 Å². The molecule has 1 saturated heterocycles. The number of halogens is 1. The van der Waals surface area contributed by atoms with Crippen LogP contribution in [0.3, 0.4) is 0 Å². The quantitative estimate of drug-likeness (QED) is 0.555. The van der Waals surface area contributed by atoms with Crippen LogP contribution < -0.4 is 0 Å². The molecule has 0 spiro atoms. The summed E-state index contributed by atoms with van der Waals surface area (Å²) in [7, 11) is 0. The first-order valence-corrected chi connectivity index (χ1v) is 12.6. The van der Waals surface area contributed by atoms with Crippen LogP contribution >= 0.6 is 0 Å². The van der Waals surface area contributed by atoms with Crippen molar-refractivity contribution in [3.05, 3.63) is 64.2 Å². The number of carbonyl (C=O) groups is 2. The SMILES string of the molecule is CCc1ccc(C(=O)Cc2cc(F)cc(CN3CCN(C(=O)C4CCCC4)[C@@H](C)C3)c2C)cn1. The van der Waals surface area contributed by atoms with Crippen molar-refractivity contribution in [3.63, 3.8) is 0 Å². The van der Waals surface area contributed by atoms with Gasteiger partial charge in [-0.3, -0.25) is 19.5 Å². The molecule has 0 unspecified atom stereocenters. The molecular formula is C28H36FN3O2. The van der Waals surface area contributed by atoms with E-state index in [4.69, 9.17) is 0 Å². The molecule has 0 N–H and O–H groups in total. The Bertz CT molecular complexity index is 1030. The minimum atomic E-state index is -0.314. The van der Waals surface area contributed by atoms with Crippen LogP contribution in [0.5, 0.6) is 0 Å². The molecule has 1 amide bonds. The van der Waals surface area contributed by atoms with Crippen LogP contribution in [-0.4, -0.2) is 52.2 Å². The standard InChI is InChI=1S/C28H36FN3O2/c1-4-26-10-9-22(16-30-26)27(33)15-23-13-25(29)14-24(20(23)3)18-31-11-12-32(19(2)17-31)28(34)21-7-5-6-8-21/h9-10,13-14,16,19,21H,4-8,11-12,15,17-18H2,1-3H3/t19-/m0/s1. The van der Waals surface area contributed by atoms with Gasteiger partial charge in [-0.2, -0.15) is 0 Å². The maximum absolute atomic E-state index is 14.5. The highest BCUT2D eigenvalue weighted by Gasteiger charge is 2.33. The van der Waals surface area contributed by atoms with Crippen molar-refractivity contribution in [2.24, 2.45) is 5.92 Å². The zero-order valence-corrected chi connectivity index (χ0v) is 20.6.